The van der Waals surface area contributed by atoms with Crippen LogP contribution in [0.3, 0.4) is 0 Å². The average Bonchev–Trinajstić information content (AvgIpc) is 2.24. The Labute approximate surface area is 99.1 Å². The second kappa shape index (κ2) is 4.40. The number of rotatable bonds is 0. The van der Waals surface area contributed by atoms with Crippen molar-refractivity contribution in [3.05, 3.63) is 10.6 Å². The first-order valence-corrected chi connectivity index (χ1v) is 6.83. The standard InChI is InChI=1S/C13H25NS/c1-12(2,3)10-11(13(4,5)6)15-9-7-8-14-10/h14H,7-9H2,1-6H3. The fourth-order valence-corrected chi connectivity index (χ4v) is 3.26. The first-order chi connectivity index (χ1) is 6.73. The molecule has 0 aromatic carbocycles. The summed E-state index contributed by atoms with van der Waals surface area (Å²) < 4.78 is 0. The highest BCUT2D eigenvalue weighted by Gasteiger charge is 2.29. The lowest BCUT2D eigenvalue weighted by Crippen LogP contribution is -2.28. The zero-order chi connectivity index (χ0) is 11.7. The summed E-state index contributed by atoms with van der Waals surface area (Å²) in [5.41, 5.74) is 1.96. The smallest absolute Gasteiger partial charge is 0.0263 e. The van der Waals surface area contributed by atoms with Crippen LogP contribution in [0.4, 0.5) is 0 Å². The summed E-state index contributed by atoms with van der Waals surface area (Å²) in [5.74, 6) is 1.25. The molecule has 15 heavy (non-hydrogen) atoms. The van der Waals surface area contributed by atoms with E-state index >= 15 is 0 Å². The van der Waals surface area contributed by atoms with Gasteiger partial charge < -0.3 is 5.32 Å². The molecule has 0 spiro atoms. The topological polar surface area (TPSA) is 12.0 Å². The van der Waals surface area contributed by atoms with E-state index in [1.54, 1.807) is 4.91 Å². The minimum Gasteiger partial charge on any atom is -0.387 e. The molecule has 0 saturated carbocycles. The monoisotopic (exact) mass is 227 g/mol. The molecule has 0 amide bonds. The third-order valence-corrected chi connectivity index (χ3v) is 4.13. The minimum absolute atomic E-state index is 0.236. The van der Waals surface area contributed by atoms with E-state index in [1.165, 1.54) is 17.9 Å². The van der Waals surface area contributed by atoms with Gasteiger partial charge in [0.2, 0.25) is 0 Å². The quantitative estimate of drug-likeness (QED) is 0.671. The molecule has 2 heteroatoms. The van der Waals surface area contributed by atoms with Crippen LogP contribution >= 0.6 is 11.8 Å². The van der Waals surface area contributed by atoms with E-state index in [2.05, 4.69) is 46.9 Å². The highest BCUT2D eigenvalue weighted by atomic mass is 32.2. The summed E-state index contributed by atoms with van der Waals surface area (Å²) >= 11 is 2.04. The lowest BCUT2D eigenvalue weighted by Gasteiger charge is -2.32. The Kier molecular flexibility index (Phi) is 3.80. The van der Waals surface area contributed by atoms with Gasteiger partial charge in [-0.05, 0) is 17.6 Å². The van der Waals surface area contributed by atoms with Gasteiger partial charge in [-0.2, -0.15) is 0 Å². The maximum atomic E-state index is 3.64. The molecule has 1 nitrogen and oxygen atoms in total. The van der Waals surface area contributed by atoms with Gasteiger partial charge in [-0.15, -0.1) is 11.8 Å². The maximum Gasteiger partial charge on any atom is 0.0263 e. The SMILES string of the molecule is CC(C)(C)C1=C(C(C)(C)C)SCCCN1. The van der Waals surface area contributed by atoms with Crippen LogP contribution in [0, 0.1) is 10.8 Å². The first-order valence-electron chi connectivity index (χ1n) is 5.85. The van der Waals surface area contributed by atoms with E-state index in [-0.39, 0.29) is 10.8 Å². The summed E-state index contributed by atoms with van der Waals surface area (Å²) in [6.45, 7) is 15.0. The van der Waals surface area contributed by atoms with Crippen LogP contribution in [0.25, 0.3) is 0 Å². The minimum atomic E-state index is 0.236. The summed E-state index contributed by atoms with van der Waals surface area (Å²) in [6, 6.07) is 0. The van der Waals surface area contributed by atoms with Gasteiger partial charge in [0.05, 0.1) is 0 Å². The normalized spacial score (nSPS) is 19.9. The summed E-state index contributed by atoms with van der Waals surface area (Å²) in [4.78, 5) is 1.55. The molecular weight excluding hydrogens is 202 g/mol. The van der Waals surface area contributed by atoms with Crippen molar-refractivity contribution in [1.82, 2.24) is 5.32 Å². The maximum absolute atomic E-state index is 3.64. The predicted octanol–water partition coefficient (Wildman–Crippen LogP) is 4.02. The molecule has 0 radical (unpaired) electrons. The molecule has 0 bridgehead atoms. The molecule has 0 aromatic heterocycles. The number of allylic oxidation sites excluding steroid dienone is 2. The summed E-state index contributed by atoms with van der Waals surface area (Å²) in [7, 11) is 0. The molecule has 0 fully saturated rings. The highest BCUT2D eigenvalue weighted by molar-refractivity contribution is 8.03. The van der Waals surface area contributed by atoms with Crippen molar-refractivity contribution < 1.29 is 0 Å². The van der Waals surface area contributed by atoms with Gasteiger partial charge in [0.15, 0.2) is 0 Å². The summed E-state index contributed by atoms with van der Waals surface area (Å²) in [6.07, 6.45) is 1.27. The Morgan fingerprint density at radius 3 is 2.07 bits per heavy atom. The van der Waals surface area contributed by atoms with Crippen molar-refractivity contribution in [2.75, 3.05) is 12.3 Å². The lowest BCUT2D eigenvalue weighted by molar-refractivity contribution is 0.431. The molecule has 1 rings (SSSR count). The first kappa shape index (κ1) is 13.0. The Morgan fingerprint density at radius 2 is 1.60 bits per heavy atom. The Hall–Kier alpha value is -0.110. The molecule has 0 aromatic rings. The van der Waals surface area contributed by atoms with E-state index in [4.69, 9.17) is 0 Å². The molecule has 0 unspecified atom stereocenters. The van der Waals surface area contributed by atoms with E-state index in [0.29, 0.717) is 0 Å². The van der Waals surface area contributed by atoms with E-state index in [0.717, 1.165) is 6.54 Å². The van der Waals surface area contributed by atoms with Crippen LogP contribution in [0.2, 0.25) is 0 Å². The third kappa shape index (κ3) is 3.44. The zero-order valence-electron chi connectivity index (χ0n) is 11.0. The van der Waals surface area contributed by atoms with Gasteiger partial charge in [-0.1, -0.05) is 41.5 Å². The second-order valence-corrected chi connectivity index (χ2v) is 7.44. The zero-order valence-corrected chi connectivity index (χ0v) is 11.8. The fourth-order valence-electron chi connectivity index (χ4n) is 1.81. The number of thioether (sulfide) groups is 1. The van der Waals surface area contributed by atoms with Crippen molar-refractivity contribution in [3.63, 3.8) is 0 Å². The molecule has 1 aliphatic rings. The van der Waals surface area contributed by atoms with Gasteiger partial charge in [0.1, 0.15) is 0 Å². The Morgan fingerprint density at radius 1 is 1.00 bits per heavy atom. The van der Waals surface area contributed by atoms with Gasteiger partial charge in [0.25, 0.3) is 0 Å². The van der Waals surface area contributed by atoms with Gasteiger partial charge >= 0.3 is 0 Å². The fraction of sp³-hybridized carbons (Fsp3) is 0.846. The van der Waals surface area contributed by atoms with Crippen molar-refractivity contribution >= 4 is 11.8 Å². The predicted molar refractivity (Wildman–Crippen MR) is 71.0 cm³/mol. The molecule has 1 aliphatic heterocycles. The van der Waals surface area contributed by atoms with Gasteiger partial charge in [-0.3, -0.25) is 0 Å². The van der Waals surface area contributed by atoms with Crippen molar-refractivity contribution in [3.8, 4) is 0 Å². The molecule has 88 valence electrons. The van der Waals surface area contributed by atoms with Crippen molar-refractivity contribution in [1.29, 1.82) is 0 Å². The van der Waals surface area contributed by atoms with Crippen LogP contribution in [-0.2, 0) is 0 Å². The van der Waals surface area contributed by atoms with Gasteiger partial charge in [-0.25, -0.2) is 0 Å². The van der Waals surface area contributed by atoms with Crippen molar-refractivity contribution in [2.24, 2.45) is 10.8 Å². The number of nitrogens with one attached hydrogen (secondary N) is 1. The van der Waals surface area contributed by atoms with E-state index in [9.17, 15) is 0 Å². The summed E-state index contributed by atoms with van der Waals surface area (Å²) in [5, 5.41) is 3.64. The van der Waals surface area contributed by atoms with Crippen LogP contribution in [0.15, 0.2) is 10.6 Å². The van der Waals surface area contributed by atoms with Crippen molar-refractivity contribution in [2.45, 2.75) is 48.0 Å². The molecule has 1 N–H and O–H groups in total. The van der Waals surface area contributed by atoms with Crippen LogP contribution < -0.4 is 5.32 Å². The van der Waals surface area contributed by atoms with Crippen LogP contribution in [0.5, 0.6) is 0 Å². The molecular formula is C13H25NS. The molecule has 0 atom stereocenters. The molecule has 0 saturated heterocycles. The third-order valence-electron chi connectivity index (χ3n) is 2.53. The average molecular weight is 227 g/mol. The molecule has 0 aliphatic carbocycles. The Bertz CT molecular complexity index is 227. The highest BCUT2D eigenvalue weighted by Crippen LogP contribution is 2.42. The lowest BCUT2D eigenvalue weighted by atomic mass is 9.85. The Balaban J connectivity index is 3.13. The van der Waals surface area contributed by atoms with Crippen LogP contribution in [0.1, 0.15) is 48.0 Å². The van der Waals surface area contributed by atoms with E-state index < -0.39 is 0 Å². The van der Waals surface area contributed by atoms with Gasteiger partial charge in [0, 0.05) is 22.6 Å². The number of hydrogen-bond acceptors (Lipinski definition) is 2. The number of hydrogen-bond donors (Lipinski definition) is 1. The second-order valence-electron chi connectivity index (χ2n) is 6.33. The van der Waals surface area contributed by atoms with E-state index in [1.807, 2.05) is 11.8 Å². The largest absolute Gasteiger partial charge is 0.387 e. The molecule has 1 heterocycles. The van der Waals surface area contributed by atoms with Crippen LogP contribution in [-0.4, -0.2) is 12.3 Å².